The smallest absolute Gasteiger partial charge is 0.254 e. The van der Waals surface area contributed by atoms with Crippen LogP contribution in [0.5, 0.6) is 0 Å². The number of nitrogens with one attached hydrogen (secondary N) is 2. The Morgan fingerprint density at radius 2 is 1.90 bits per heavy atom. The molecule has 0 spiro atoms. The highest BCUT2D eigenvalue weighted by atomic mass is 16.2. The maximum absolute atomic E-state index is 13.2. The number of pyridine rings is 1. The van der Waals surface area contributed by atoms with Gasteiger partial charge in [-0.1, -0.05) is 29.8 Å². The molecule has 1 aromatic heterocycles. The average Bonchev–Trinajstić information content (AvgIpc) is 2.75. The van der Waals surface area contributed by atoms with Crippen molar-refractivity contribution in [1.82, 2.24) is 10.3 Å². The quantitative estimate of drug-likeness (QED) is 0.700. The van der Waals surface area contributed by atoms with Crippen LogP contribution in [0.1, 0.15) is 50.2 Å². The van der Waals surface area contributed by atoms with Crippen LogP contribution in [0.3, 0.4) is 0 Å². The summed E-state index contributed by atoms with van der Waals surface area (Å²) < 4.78 is 0. The molecule has 1 aliphatic carbocycles. The second-order valence-electron chi connectivity index (χ2n) is 7.69. The summed E-state index contributed by atoms with van der Waals surface area (Å²) in [6, 6.07) is 11.7. The van der Waals surface area contributed by atoms with Crippen LogP contribution in [0.4, 0.5) is 5.69 Å². The molecule has 1 aliphatic heterocycles. The number of hydrogen-bond donors (Lipinski definition) is 3. The van der Waals surface area contributed by atoms with E-state index in [0.29, 0.717) is 17.7 Å². The van der Waals surface area contributed by atoms with E-state index in [1.165, 1.54) is 0 Å². The maximum atomic E-state index is 13.2. The number of dihydropyridines is 1. The first-order chi connectivity index (χ1) is 15.0. The number of aliphatic hydroxyl groups is 1. The number of aryl methyl sites for hydroxylation is 1. The lowest BCUT2D eigenvalue weighted by Crippen LogP contribution is -2.35. The molecular weight excluding hydrogens is 390 g/mol. The topological polar surface area (TPSA) is 91.3 Å². The number of amides is 1. The number of anilines is 1. The molecule has 31 heavy (non-hydrogen) atoms. The number of aliphatic hydroxyl groups excluding tert-OH is 1. The molecule has 0 saturated heterocycles. The number of carbonyl (C=O) groups is 2. The molecule has 0 saturated carbocycles. The number of Topliss-reactive ketones (excluding diaryl/α,β-unsaturated/α-hetero) is 1. The van der Waals surface area contributed by atoms with Crippen LogP contribution in [0.2, 0.25) is 0 Å². The summed E-state index contributed by atoms with van der Waals surface area (Å²) in [7, 11) is 0. The summed E-state index contributed by atoms with van der Waals surface area (Å²) >= 11 is 0. The standard InChI is InChI=1S/C23H23N3O2.C2H6O/c1-14-8-10-16(11-9-14)21-20(23(28)26-17-5-4-12-24-13-17)15(2)25-18-6-3-7-19(27)22(18)21;1-2-3/h4-5,8-13,21,25H,3,6-7H2,1-2H3,(H,26,28);3H,2H2,1H3. The second kappa shape index (κ2) is 10.2. The monoisotopic (exact) mass is 419 g/mol. The number of allylic oxidation sites excluding steroid dienone is 3. The number of nitrogens with zero attached hydrogens (tertiary/aromatic N) is 1. The van der Waals surface area contributed by atoms with Crippen molar-refractivity contribution in [3.8, 4) is 0 Å². The van der Waals surface area contributed by atoms with E-state index in [2.05, 4.69) is 15.6 Å². The van der Waals surface area contributed by atoms with Gasteiger partial charge in [-0.05, 0) is 51.3 Å². The first kappa shape index (κ1) is 22.4. The van der Waals surface area contributed by atoms with Crippen molar-refractivity contribution in [1.29, 1.82) is 0 Å². The predicted octanol–water partition coefficient (Wildman–Crippen LogP) is 4.00. The number of aromatic nitrogens is 1. The highest BCUT2D eigenvalue weighted by molar-refractivity contribution is 6.09. The highest BCUT2D eigenvalue weighted by Crippen LogP contribution is 2.42. The fourth-order valence-electron chi connectivity index (χ4n) is 4.01. The van der Waals surface area contributed by atoms with E-state index in [1.54, 1.807) is 31.5 Å². The van der Waals surface area contributed by atoms with Gasteiger partial charge in [0.1, 0.15) is 0 Å². The van der Waals surface area contributed by atoms with Gasteiger partial charge in [0.05, 0.1) is 11.9 Å². The van der Waals surface area contributed by atoms with Gasteiger partial charge >= 0.3 is 0 Å². The molecule has 0 radical (unpaired) electrons. The Hall–Kier alpha value is -3.25. The van der Waals surface area contributed by atoms with E-state index < -0.39 is 0 Å². The predicted molar refractivity (Wildman–Crippen MR) is 121 cm³/mol. The van der Waals surface area contributed by atoms with Crippen molar-refractivity contribution in [2.75, 3.05) is 11.9 Å². The Bertz CT molecular complexity index is 1010. The number of carbonyl (C=O) groups excluding carboxylic acids is 2. The van der Waals surface area contributed by atoms with Crippen LogP contribution in [-0.2, 0) is 9.59 Å². The molecule has 1 unspecified atom stereocenters. The van der Waals surface area contributed by atoms with Crippen molar-refractivity contribution >= 4 is 17.4 Å². The second-order valence-corrected chi connectivity index (χ2v) is 7.69. The van der Waals surface area contributed by atoms with Crippen LogP contribution in [0.15, 0.2) is 71.3 Å². The lowest BCUT2D eigenvalue weighted by Gasteiger charge is -2.34. The van der Waals surface area contributed by atoms with Gasteiger partial charge in [0.2, 0.25) is 0 Å². The number of hydrogen-bond acceptors (Lipinski definition) is 5. The van der Waals surface area contributed by atoms with E-state index in [-0.39, 0.29) is 24.2 Å². The van der Waals surface area contributed by atoms with Crippen LogP contribution in [0.25, 0.3) is 0 Å². The number of ketones is 1. The zero-order chi connectivity index (χ0) is 22.4. The SMILES string of the molecule is CC1=C(C(=O)Nc2cccnc2)C(c2ccc(C)cc2)C2=C(CCCC2=O)N1.CCO. The van der Waals surface area contributed by atoms with E-state index in [0.717, 1.165) is 40.9 Å². The van der Waals surface area contributed by atoms with Crippen LogP contribution in [0, 0.1) is 6.92 Å². The Labute approximate surface area is 183 Å². The Morgan fingerprint density at radius 3 is 2.55 bits per heavy atom. The van der Waals surface area contributed by atoms with E-state index >= 15 is 0 Å². The first-order valence-corrected chi connectivity index (χ1v) is 10.6. The summed E-state index contributed by atoms with van der Waals surface area (Å²) in [5.41, 5.74) is 5.80. The van der Waals surface area contributed by atoms with Crippen molar-refractivity contribution in [2.45, 2.75) is 46.0 Å². The minimum atomic E-state index is -0.360. The molecule has 4 rings (SSSR count). The van der Waals surface area contributed by atoms with Crippen LogP contribution in [-0.4, -0.2) is 28.4 Å². The summed E-state index contributed by atoms with van der Waals surface area (Å²) in [4.78, 5) is 30.1. The normalized spacial score (nSPS) is 17.9. The molecule has 6 nitrogen and oxygen atoms in total. The Morgan fingerprint density at radius 1 is 1.19 bits per heavy atom. The third-order valence-electron chi connectivity index (χ3n) is 5.35. The molecule has 3 N–H and O–H groups in total. The summed E-state index contributed by atoms with van der Waals surface area (Å²) in [5.74, 6) is -0.451. The molecule has 6 heteroatoms. The van der Waals surface area contributed by atoms with Gasteiger partial charge in [0, 0.05) is 47.7 Å². The highest BCUT2D eigenvalue weighted by Gasteiger charge is 2.38. The van der Waals surface area contributed by atoms with Crippen molar-refractivity contribution in [3.63, 3.8) is 0 Å². The summed E-state index contributed by atoms with van der Waals surface area (Å²) in [6.07, 6.45) is 5.48. The molecule has 0 fully saturated rings. The van der Waals surface area contributed by atoms with Crippen LogP contribution < -0.4 is 10.6 Å². The van der Waals surface area contributed by atoms with Gasteiger partial charge in [0.25, 0.3) is 5.91 Å². The zero-order valence-corrected chi connectivity index (χ0v) is 18.2. The molecule has 0 bridgehead atoms. The fraction of sp³-hybridized carbons (Fsp3) is 0.320. The fourth-order valence-corrected chi connectivity index (χ4v) is 4.01. The lowest BCUT2D eigenvalue weighted by atomic mass is 9.75. The first-order valence-electron chi connectivity index (χ1n) is 10.6. The average molecular weight is 420 g/mol. The number of rotatable bonds is 3. The third-order valence-corrected chi connectivity index (χ3v) is 5.35. The lowest BCUT2D eigenvalue weighted by molar-refractivity contribution is -0.116. The summed E-state index contributed by atoms with van der Waals surface area (Å²) in [5, 5.41) is 13.8. The minimum absolute atomic E-state index is 0.124. The van der Waals surface area contributed by atoms with Gasteiger partial charge < -0.3 is 15.7 Å². The Balaban J connectivity index is 0.000000858. The van der Waals surface area contributed by atoms with Crippen LogP contribution >= 0.6 is 0 Å². The van der Waals surface area contributed by atoms with Crippen molar-refractivity contribution < 1.29 is 14.7 Å². The Kier molecular flexibility index (Phi) is 7.36. The molecule has 1 aromatic carbocycles. The molecule has 2 heterocycles. The molecule has 162 valence electrons. The molecular formula is C25H29N3O3. The number of benzene rings is 1. The van der Waals surface area contributed by atoms with Gasteiger partial charge in [-0.15, -0.1) is 0 Å². The van der Waals surface area contributed by atoms with Gasteiger partial charge in [-0.25, -0.2) is 0 Å². The van der Waals surface area contributed by atoms with E-state index in [1.807, 2.05) is 38.1 Å². The molecule has 2 aliphatic rings. The third kappa shape index (κ3) is 5.09. The zero-order valence-electron chi connectivity index (χ0n) is 18.2. The van der Waals surface area contributed by atoms with E-state index in [9.17, 15) is 9.59 Å². The molecule has 1 atom stereocenters. The maximum Gasteiger partial charge on any atom is 0.254 e. The summed E-state index contributed by atoms with van der Waals surface area (Å²) in [6.45, 7) is 5.86. The molecule has 2 aromatic rings. The minimum Gasteiger partial charge on any atom is -0.397 e. The van der Waals surface area contributed by atoms with Gasteiger partial charge in [0.15, 0.2) is 5.78 Å². The van der Waals surface area contributed by atoms with Crippen molar-refractivity contribution in [2.24, 2.45) is 0 Å². The molecule has 1 amide bonds. The van der Waals surface area contributed by atoms with Crippen molar-refractivity contribution in [3.05, 3.63) is 82.5 Å². The van der Waals surface area contributed by atoms with Gasteiger partial charge in [-0.3, -0.25) is 14.6 Å². The largest absolute Gasteiger partial charge is 0.397 e. The van der Waals surface area contributed by atoms with Gasteiger partial charge in [-0.2, -0.15) is 0 Å². The van der Waals surface area contributed by atoms with E-state index in [4.69, 9.17) is 5.11 Å².